The maximum atomic E-state index is 4.64. The normalized spacial score (nSPS) is 13.2. The third-order valence-electron chi connectivity index (χ3n) is 3.44. The van der Waals surface area contributed by atoms with Gasteiger partial charge in [0.2, 0.25) is 0 Å². The zero-order valence-electron chi connectivity index (χ0n) is 11.2. The molecule has 3 heterocycles. The first-order valence-corrected chi connectivity index (χ1v) is 7.28. The van der Waals surface area contributed by atoms with E-state index < -0.39 is 0 Å². The van der Waals surface area contributed by atoms with Crippen molar-refractivity contribution in [1.29, 1.82) is 0 Å². The molecule has 0 aliphatic rings. The van der Waals surface area contributed by atoms with E-state index in [9.17, 15) is 0 Å². The molecule has 3 rings (SSSR count). The van der Waals surface area contributed by atoms with Gasteiger partial charge in [0.15, 0.2) is 0 Å². The largest absolute Gasteiger partial charge is 0.307 e. The first-order chi connectivity index (χ1) is 9.24. The van der Waals surface area contributed by atoms with Crippen LogP contribution in [0, 0.1) is 0 Å². The average molecular weight is 271 g/mol. The Kier molecular flexibility index (Phi) is 3.36. The molecule has 0 saturated carbocycles. The minimum atomic E-state index is 0.421. The van der Waals surface area contributed by atoms with E-state index in [-0.39, 0.29) is 0 Å². The van der Waals surface area contributed by atoms with Crippen LogP contribution in [-0.2, 0) is 6.54 Å². The van der Waals surface area contributed by atoms with Crippen LogP contribution < -0.4 is 0 Å². The molecule has 0 saturated heterocycles. The van der Waals surface area contributed by atoms with Crippen molar-refractivity contribution in [2.75, 3.05) is 7.05 Å². The summed E-state index contributed by atoms with van der Waals surface area (Å²) in [7, 11) is 2.15. The molecular weight excluding hydrogens is 254 g/mol. The fraction of sp³-hybridized carbons (Fsp3) is 0.267. The average Bonchev–Trinajstić information content (AvgIpc) is 3.06. The molecule has 0 aliphatic heterocycles. The van der Waals surface area contributed by atoms with Crippen molar-refractivity contribution < 1.29 is 0 Å². The van der Waals surface area contributed by atoms with Crippen molar-refractivity contribution in [2.24, 2.45) is 0 Å². The van der Waals surface area contributed by atoms with Gasteiger partial charge in [-0.25, -0.2) is 4.98 Å². The number of rotatable bonds is 4. The third kappa shape index (κ3) is 2.55. The first-order valence-electron chi connectivity index (χ1n) is 6.40. The van der Waals surface area contributed by atoms with E-state index in [2.05, 4.69) is 52.0 Å². The maximum Gasteiger partial charge on any atom is 0.137 e. The molecule has 3 aromatic heterocycles. The highest BCUT2D eigenvalue weighted by Gasteiger charge is 2.14. The van der Waals surface area contributed by atoms with Gasteiger partial charge in [-0.05, 0) is 37.6 Å². The van der Waals surface area contributed by atoms with Gasteiger partial charge in [0.05, 0.1) is 5.69 Å². The standard InChI is InChI=1S/C15H17N3S/c1-12(14-6-5-9-19-14)17(2)10-13-11-18-8-4-3-7-15(18)16-13/h3-9,11-12H,10H2,1-2H3. The van der Waals surface area contributed by atoms with Crippen molar-refractivity contribution >= 4 is 17.0 Å². The van der Waals surface area contributed by atoms with Crippen LogP contribution in [0.25, 0.3) is 5.65 Å². The van der Waals surface area contributed by atoms with Gasteiger partial charge in [0.25, 0.3) is 0 Å². The summed E-state index contributed by atoms with van der Waals surface area (Å²) < 4.78 is 2.07. The number of pyridine rings is 1. The molecule has 0 amide bonds. The number of aromatic nitrogens is 2. The molecule has 0 bridgehead atoms. The Morgan fingerprint density at radius 3 is 2.95 bits per heavy atom. The zero-order valence-corrected chi connectivity index (χ0v) is 12.0. The molecule has 3 aromatic rings. The van der Waals surface area contributed by atoms with Crippen LogP contribution in [0.4, 0.5) is 0 Å². The Morgan fingerprint density at radius 1 is 1.32 bits per heavy atom. The van der Waals surface area contributed by atoms with Crippen molar-refractivity contribution in [3.8, 4) is 0 Å². The molecular formula is C15H17N3S. The van der Waals surface area contributed by atoms with Crippen LogP contribution in [0.5, 0.6) is 0 Å². The fourth-order valence-electron chi connectivity index (χ4n) is 2.20. The molecule has 0 aliphatic carbocycles. The number of nitrogens with zero attached hydrogens (tertiary/aromatic N) is 3. The SMILES string of the molecule is CC(c1cccs1)N(C)Cc1cn2ccccc2n1. The Hall–Kier alpha value is -1.65. The minimum Gasteiger partial charge on any atom is -0.307 e. The molecule has 4 heteroatoms. The van der Waals surface area contributed by atoms with Crippen LogP contribution in [0.2, 0.25) is 0 Å². The summed E-state index contributed by atoms with van der Waals surface area (Å²) in [6.07, 6.45) is 4.14. The molecule has 0 radical (unpaired) electrons. The lowest BCUT2D eigenvalue weighted by Gasteiger charge is -2.22. The van der Waals surface area contributed by atoms with Gasteiger partial charge in [-0.15, -0.1) is 11.3 Å². The molecule has 3 nitrogen and oxygen atoms in total. The molecule has 19 heavy (non-hydrogen) atoms. The molecule has 98 valence electrons. The monoisotopic (exact) mass is 271 g/mol. The molecule has 0 fully saturated rings. The fourth-order valence-corrected chi connectivity index (χ4v) is 3.05. The van der Waals surface area contributed by atoms with E-state index >= 15 is 0 Å². The van der Waals surface area contributed by atoms with Crippen molar-refractivity contribution in [3.05, 3.63) is 58.7 Å². The predicted molar refractivity (Wildman–Crippen MR) is 79.4 cm³/mol. The van der Waals surface area contributed by atoms with E-state index in [4.69, 9.17) is 0 Å². The van der Waals surface area contributed by atoms with E-state index in [1.165, 1.54) is 4.88 Å². The highest BCUT2D eigenvalue weighted by atomic mass is 32.1. The van der Waals surface area contributed by atoms with Crippen molar-refractivity contribution in [2.45, 2.75) is 19.5 Å². The summed E-state index contributed by atoms with van der Waals surface area (Å²) >= 11 is 1.81. The van der Waals surface area contributed by atoms with Gasteiger partial charge >= 0.3 is 0 Å². The second kappa shape index (κ2) is 5.15. The number of imidazole rings is 1. The Bertz CT molecular complexity index is 624. The summed E-state index contributed by atoms with van der Waals surface area (Å²) in [5.41, 5.74) is 2.12. The number of fused-ring (bicyclic) bond motifs is 1. The van der Waals surface area contributed by atoms with Gasteiger partial charge in [-0.2, -0.15) is 0 Å². The number of hydrogen-bond donors (Lipinski definition) is 0. The van der Waals surface area contributed by atoms with E-state index in [1.54, 1.807) is 0 Å². The second-order valence-electron chi connectivity index (χ2n) is 4.80. The van der Waals surface area contributed by atoms with E-state index in [1.807, 2.05) is 35.7 Å². The van der Waals surface area contributed by atoms with Crippen LogP contribution in [0.3, 0.4) is 0 Å². The quantitative estimate of drug-likeness (QED) is 0.723. The van der Waals surface area contributed by atoms with Crippen LogP contribution in [-0.4, -0.2) is 21.3 Å². The Balaban J connectivity index is 1.77. The zero-order chi connectivity index (χ0) is 13.2. The van der Waals surface area contributed by atoms with Gasteiger partial charge in [-0.1, -0.05) is 12.1 Å². The smallest absolute Gasteiger partial charge is 0.137 e. The third-order valence-corrected chi connectivity index (χ3v) is 4.48. The summed E-state index contributed by atoms with van der Waals surface area (Å²) in [6.45, 7) is 3.10. The maximum absolute atomic E-state index is 4.64. The highest BCUT2D eigenvalue weighted by molar-refractivity contribution is 7.10. The summed E-state index contributed by atoms with van der Waals surface area (Å²) in [4.78, 5) is 8.36. The Morgan fingerprint density at radius 2 is 2.21 bits per heavy atom. The minimum absolute atomic E-state index is 0.421. The van der Waals surface area contributed by atoms with Crippen LogP contribution in [0.1, 0.15) is 23.5 Å². The molecule has 1 atom stereocenters. The molecule has 0 spiro atoms. The van der Waals surface area contributed by atoms with E-state index in [0.29, 0.717) is 6.04 Å². The summed E-state index contributed by atoms with van der Waals surface area (Å²) in [5, 5.41) is 2.13. The van der Waals surface area contributed by atoms with Gasteiger partial charge in [0, 0.05) is 29.9 Å². The lowest BCUT2D eigenvalue weighted by atomic mass is 10.2. The summed E-state index contributed by atoms with van der Waals surface area (Å²) in [5.74, 6) is 0. The number of hydrogen-bond acceptors (Lipinski definition) is 3. The number of thiophene rings is 1. The van der Waals surface area contributed by atoms with Crippen molar-refractivity contribution in [1.82, 2.24) is 14.3 Å². The van der Waals surface area contributed by atoms with E-state index in [0.717, 1.165) is 17.9 Å². The topological polar surface area (TPSA) is 20.5 Å². The lowest BCUT2D eigenvalue weighted by Crippen LogP contribution is -2.21. The van der Waals surface area contributed by atoms with Gasteiger partial charge in [0.1, 0.15) is 5.65 Å². The van der Waals surface area contributed by atoms with Crippen molar-refractivity contribution in [3.63, 3.8) is 0 Å². The van der Waals surface area contributed by atoms with Gasteiger partial charge < -0.3 is 4.40 Å². The Labute approximate surface area is 117 Å². The molecule has 0 N–H and O–H groups in total. The summed E-state index contributed by atoms with van der Waals surface area (Å²) in [6, 6.07) is 10.8. The molecule has 0 aromatic carbocycles. The molecule has 1 unspecified atom stereocenters. The van der Waals surface area contributed by atoms with Crippen LogP contribution in [0.15, 0.2) is 48.1 Å². The highest BCUT2D eigenvalue weighted by Crippen LogP contribution is 2.24. The predicted octanol–water partition coefficient (Wildman–Crippen LogP) is 3.59. The van der Waals surface area contributed by atoms with Crippen LogP contribution >= 0.6 is 11.3 Å². The first kappa shape index (κ1) is 12.4. The lowest BCUT2D eigenvalue weighted by molar-refractivity contribution is 0.254. The van der Waals surface area contributed by atoms with Gasteiger partial charge in [-0.3, -0.25) is 4.90 Å². The second-order valence-corrected chi connectivity index (χ2v) is 5.78.